The lowest BCUT2D eigenvalue weighted by Crippen LogP contribution is -1.91. The Morgan fingerprint density at radius 1 is 1.28 bits per heavy atom. The summed E-state index contributed by atoms with van der Waals surface area (Å²) in [5, 5.41) is 4.30. The van der Waals surface area contributed by atoms with E-state index in [2.05, 4.69) is 51.6 Å². The van der Waals surface area contributed by atoms with Gasteiger partial charge in [0.15, 0.2) is 5.95 Å². The van der Waals surface area contributed by atoms with E-state index < -0.39 is 0 Å². The molecule has 3 rings (SSSR count). The van der Waals surface area contributed by atoms with Crippen molar-refractivity contribution in [1.29, 1.82) is 0 Å². The van der Waals surface area contributed by atoms with Crippen LogP contribution < -0.4 is 5.32 Å². The van der Waals surface area contributed by atoms with Gasteiger partial charge in [-0.2, -0.15) is 0 Å². The number of anilines is 1. The zero-order chi connectivity index (χ0) is 12.5. The molecule has 3 N–H and O–H groups in total. The fourth-order valence-electron chi connectivity index (χ4n) is 2.25. The van der Waals surface area contributed by atoms with Crippen LogP contribution in [0.15, 0.2) is 30.5 Å². The Kier molecular flexibility index (Phi) is 2.55. The molecule has 0 spiro atoms. The van der Waals surface area contributed by atoms with Crippen molar-refractivity contribution in [1.82, 2.24) is 15.0 Å². The minimum absolute atomic E-state index is 0.822. The molecule has 4 nitrogen and oxygen atoms in total. The average molecular weight is 240 g/mol. The SMILES string of the molecule is CNc1nc(Cc2c[nH]c3ccccc23)c(C)[nH]1. The van der Waals surface area contributed by atoms with Crippen LogP contribution in [-0.2, 0) is 6.42 Å². The summed E-state index contributed by atoms with van der Waals surface area (Å²) in [4.78, 5) is 11.0. The summed E-state index contributed by atoms with van der Waals surface area (Å²) < 4.78 is 0. The largest absolute Gasteiger partial charge is 0.361 e. The zero-order valence-electron chi connectivity index (χ0n) is 10.5. The summed E-state index contributed by atoms with van der Waals surface area (Å²) in [6, 6.07) is 8.34. The van der Waals surface area contributed by atoms with Crippen LogP contribution in [0.2, 0.25) is 0 Å². The van der Waals surface area contributed by atoms with E-state index in [0.717, 1.165) is 23.8 Å². The first-order chi connectivity index (χ1) is 8.78. The number of para-hydroxylation sites is 1. The number of hydrogen-bond acceptors (Lipinski definition) is 2. The second-order valence-electron chi connectivity index (χ2n) is 4.44. The summed E-state index contributed by atoms with van der Waals surface area (Å²) in [5.41, 5.74) is 4.66. The molecule has 0 atom stereocenters. The van der Waals surface area contributed by atoms with E-state index in [9.17, 15) is 0 Å². The summed E-state index contributed by atoms with van der Waals surface area (Å²) >= 11 is 0. The lowest BCUT2D eigenvalue weighted by atomic mass is 10.1. The normalized spacial score (nSPS) is 11.0. The third kappa shape index (κ3) is 1.76. The summed E-state index contributed by atoms with van der Waals surface area (Å²) in [6.07, 6.45) is 2.91. The second-order valence-corrected chi connectivity index (χ2v) is 4.44. The fraction of sp³-hybridized carbons (Fsp3) is 0.214. The number of benzene rings is 1. The molecular weight excluding hydrogens is 224 g/mol. The number of hydrogen-bond donors (Lipinski definition) is 3. The fourth-order valence-corrected chi connectivity index (χ4v) is 2.25. The van der Waals surface area contributed by atoms with Crippen molar-refractivity contribution < 1.29 is 0 Å². The molecule has 0 saturated heterocycles. The quantitative estimate of drug-likeness (QED) is 0.659. The smallest absolute Gasteiger partial charge is 0.200 e. The zero-order valence-corrected chi connectivity index (χ0v) is 10.5. The Hall–Kier alpha value is -2.23. The Morgan fingerprint density at radius 2 is 2.11 bits per heavy atom. The number of nitrogens with zero attached hydrogens (tertiary/aromatic N) is 1. The summed E-state index contributed by atoms with van der Waals surface area (Å²) in [6.45, 7) is 2.05. The highest BCUT2D eigenvalue weighted by atomic mass is 15.1. The van der Waals surface area contributed by atoms with Crippen LogP contribution in [0.3, 0.4) is 0 Å². The van der Waals surface area contributed by atoms with Crippen LogP contribution in [0.4, 0.5) is 5.95 Å². The first-order valence-corrected chi connectivity index (χ1v) is 6.06. The predicted octanol–water partition coefficient (Wildman–Crippen LogP) is 2.83. The van der Waals surface area contributed by atoms with Crippen LogP contribution in [0, 0.1) is 6.92 Å². The number of aromatic amines is 2. The topological polar surface area (TPSA) is 56.5 Å². The highest BCUT2D eigenvalue weighted by Gasteiger charge is 2.09. The third-order valence-corrected chi connectivity index (χ3v) is 3.26. The van der Waals surface area contributed by atoms with Crippen molar-refractivity contribution >= 4 is 16.9 Å². The van der Waals surface area contributed by atoms with E-state index in [0.29, 0.717) is 0 Å². The van der Waals surface area contributed by atoms with Gasteiger partial charge in [-0.15, -0.1) is 0 Å². The standard InChI is InChI=1S/C14H16N4/c1-9-13(18-14(15-2)17-9)7-10-8-16-12-6-4-3-5-11(10)12/h3-6,8,16H,7H2,1-2H3,(H2,15,17,18). The van der Waals surface area contributed by atoms with Gasteiger partial charge in [0.05, 0.1) is 5.69 Å². The number of imidazole rings is 1. The molecule has 4 heteroatoms. The van der Waals surface area contributed by atoms with E-state index in [4.69, 9.17) is 0 Å². The summed E-state index contributed by atoms with van der Waals surface area (Å²) in [5.74, 6) is 0.822. The van der Waals surface area contributed by atoms with Crippen LogP contribution in [0.5, 0.6) is 0 Å². The van der Waals surface area contributed by atoms with E-state index in [1.54, 1.807) is 0 Å². The van der Waals surface area contributed by atoms with Gasteiger partial charge in [-0.25, -0.2) is 4.98 Å². The maximum atomic E-state index is 4.53. The molecular formula is C14H16N4. The molecule has 0 bridgehead atoms. The molecule has 1 aromatic carbocycles. The van der Waals surface area contributed by atoms with E-state index in [-0.39, 0.29) is 0 Å². The molecule has 3 aromatic rings. The second kappa shape index (κ2) is 4.22. The van der Waals surface area contributed by atoms with Crippen molar-refractivity contribution in [2.75, 3.05) is 12.4 Å². The third-order valence-electron chi connectivity index (χ3n) is 3.26. The molecule has 0 aliphatic carbocycles. The minimum atomic E-state index is 0.822. The van der Waals surface area contributed by atoms with Gasteiger partial charge in [-0.1, -0.05) is 18.2 Å². The lowest BCUT2D eigenvalue weighted by Gasteiger charge is -1.97. The molecule has 0 aliphatic heterocycles. The molecule has 0 amide bonds. The van der Waals surface area contributed by atoms with Crippen molar-refractivity contribution in [2.45, 2.75) is 13.3 Å². The van der Waals surface area contributed by atoms with Crippen LogP contribution >= 0.6 is 0 Å². The first kappa shape index (κ1) is 10.9. The van der Waals surface area contributed by atoms with Gasteiger partial charge in [0.1, 0.15) is 0 Å². The molecule has 92 valence electrons. The van der Waals surface area contributed by atoms with Gasteiger partial charge in [-0.3, -0.25) is 0 Å². The molecule has 0 aliphatic rings. The van der Waals surface area contributed by atoms with Gasteiger partial charge < -0.3 is 15.3 Å². The molecule has 0 fully saturated rings. The van der Waals surface area contributed by atoms with Crippen molar-refractivity contribution in [3.8, 4) is 0 Å². The Labute approximate surface area is 105 Å². The lowest BCUT2D eigenvalue weighted by molar-refractivity contribution is 1.09. The number of aromatic nitrogens is 3. The predicted molar refractivity (Wildman–Crippen MR) is 74.0 cm³/mol. The highest BCUT2D eigenvalue weighted by Crippen LogP contribution is 2.21. The van der Waals surface area contributed by atoms with Gasteiger partial charge in [0, 0.05) is 36.3 Å². The highest BCUT2D eigenvalue weighted by molar-refractivity contribution is 5.83. The van der Waals surface area contributed by atoms with Crippen molar-refractivity contribution in [2.24, 2.45) is 0 Å². The number of H-pyrrole nitrogens is 2. The Balaban J connectivity index is 1.98. The Morgan fingerprint density at radius 3 is 2.89 bits per heavy atom. The number of aryl methyl sites for hydroxylation is 1. The van der Waals surface area contributed by atoms with Gasteiger partial charge in [0.25, 0.3) is 0 Å². The van der Waals surface area contributed by atoms with E-state index in [1.807, 2.05) is 13.1 Å². The van der Waals surface area contributed by atoms with Crippen LogP contribution in [0.25, 0.3) is 10.9 Å². The van der Waals surface area contributed by atoms with Crippen LogP contribution in [0.1, 0.15) is 17.0 Å². The molecule has 2 aromatic heterocycles. The number of rotatable bonds is 3. The van der Waals surface area contributed by atoms with Crippen LogP contribution in [-0.4, -0.2) is 22.0 Å². The van der Waals surface area contributed by atoms with E-state index >= 15 is 0 Å². The molecule has 0 unspecified atom stereocenters. The van der Waals surface area contributed by atoms with Gasteiger partial charge >= 0.3 is 0 Å². The summed E-state index contributed by atoms with van der Waals surface area (Å²) in [7, 11) is 1.87. The Bertz CT molecular complexity index is 678. The maximum Gasteiger partial charge on any atom is 0.200 e. The maximum absolute atomic E-state index is 4.53. The molecule has 18 heavy (non-hydrogen) atoms. The molecule has 0 saturated carbocycles. The average Bonchev–Trinajstić information content (AvgIpc) is 2.95. The first-order valence-electron chi connectivity index (χ1n) is 6.06. The minimum Gasteiger partial charge on any atom is -0.361 e. The van der Waals surface area contributed by atoms with Crippen molar-refractivity contribution in [3.05, 3.63) is 47.4 Å². The monoisotopic (exact) mass is 240 g/mol. The van der Waals surface area contributed by atoms with Gasteiger partial charge in [0.2, 0.25) is 0 Å². The number of fused-ring (bicyclic) bond motifs is 1. The molecule has 0 radical (unpaired) electrons. The van der Waals surface area contributed by atoms with E-state index in [1.165, 1.54) is 16.5 Å². The molecule has 2 heterocycles. The van der Waals surface area contributed by atoms with Gasteiger partial charge in [-0.05, 0) is 18.6 Å². The number of nitrogens with one attached hydrogen (secondary N) is 3. The van der Waals surface area contributed by atoms with Crippen molar-refractivity contribution in [3.63, 3.8) is 0 Å².